The molecule has 2 heteroatoms. The van der Waals surface area contributed by atoms with Gasteiger partial charge < -0.3 is 0 Å². The van der Waals surface area contributed by atoms with Gasteiger partial charge in [-0.05, 0) is 49.5 Å². The van der Waals surface area contributed by atoms with Gasteiger partial charge >= 0.3 is 0 Å². The predicted octanol–water partition coefficient (Wildman–Crippen LogP) is 7.56. The van der Waals surface area contributed by atoms with Crippen LogP contribution in [0.4, 0.5) is 8.78 Å². The lowest BCUT2D eigenvalue weighted by Crippen LogP contribution is -2.13. The molecule has 0 nitrogen and oxygen atoms in total. The van der Waals surface area contributed by atoms with E-state index >= 15 is 0 Å². The summed E-state index contributed by atoms with van der Waals surface area (Å²) in [5.74, 6) is 0.189. The van der Waals surface area contributed by atoms with Gasteiger partial charge in [0, 0.05) is 12.0 Å². The van der Waals surface area contributed by atoms with E-state index in [4.69, 9.17) is 0 Å². The van der Waals surface area contributed by atoms with E-state index in [0.717, 1.165) is 12.3 Å². The number of hydrogen-bond acceptors (Lipinski definition) is 0. The summed E-state index contributed by atoms with van der Waals surface area (Å²) in [6.07, 6.45) is 9.46. The maximum absolute atomic E-state index is 14.1. The minimum atomic E-state index is -0.684. The summed E-state index contributed by atoms with van der Waals surface area (Å²) >= 11 is 0. The second kappa shape index (κ2) is 9.20. The Labute approximate surface area is 140 Å². The first-order chi connectivity index (χ1) is 11.2. The third-order valence-electron chi connectivity index (χ3n) is 5.17. The van der Waals surface area contributed by atoms with Crippen molar-refractivity contribution in [1.29, 1.82) is 0 Å². The Balaban J connectivity index is 1.97. The van der Waals surface area contributed by atoms with Crippen LogP contribution in [0.2, 0.25) is 0 Å². The minimum absolute atomic E-state index is 0.200. The molecule has 1 aromatic carbocycles. The molecule has 0 unspecified atom stereocenters. The third-order valence-corrected chi connectivity index (χ3v) is 5.17. The monoisotopic (exact) mass is 320 g/mol. The Bertz CT molecular complexity index is 493. The zero-order valence-electron chi connectivity index (χ0n) is 14.6. The molecule has 0 N–H and O–H groups in total. The van der Waals surface area contributed by atoms with E-state index in [1.807, 2.05) is 19.1 Å². The van der Waals surface area contributed by atoms with Gasteiger partial charge in [-0.1, -0.05) is 57.4 Å². The normalized spacial score (nSPS) is 22.8. The molecule has 0 saturated heterocycles. The third kappa shape index (κ3) is 5.16. The molecule has 1 saturated carbocycles. The highest BCUT2D eigenvalue weighted by molar-refractivity contribution is 5.61. The molecular weight excluding hydrogens is 290 g/mol. The fourth-order valence-electron chi connectivity index (χ4n) is 3.69. The molecule has 0 aromatic heterocycles. The molecule has 0 radical (unpaired) electrons. The second-order valence-electron chi connectivity index (χ2n) is 6.95. The molecule has 128 valence electrons. The summed E-state index contributed by atoms with van der Waals surface area (Å²) in [5, 5.41) is 0. The minimum Gasteiger partial charge on any atom is -0.209 e. The first-order valence-electron chi connectivity index (χ1n) is 9.30. The maximum atomic E-state index is 14.1. The van der Waals surface area contributed by atoms with Crippen LogP contribution >= 0.6 is 0 Å². The summed E-state index contributed by atoms with van der Waals surface area (Å²) in [6.45, 7) is 4.24. The van der Waals surface area contributed by atoms with Gasteiger partial charge in [0.15, 0.2) is 5.83 Å². The highest BCUT2D eigenvalue weighted by Gasteiger charge is 2.22. The summed E-state index contributed by atoms with van der Waals surface area (Å²) in [4.78, 5) is 0. The van der Waals surface area contributed by atoms with Crippen LogP contribution in [0.5, 0.6) is 0 Å². The van der Waals surface area contributed by atoms with Crippen LogP contribution in [-0.2, 0) is 0 Å². The molecule has 0 bridgehead atoms. The largest absolute Gasteiger partial charge is 0.209 e. The topological polar surface area (TPSA) is 0 Å². The van der Waals surface area contributed by atoms with Crippen molar-refractivity contribution in [2.45, 2.75) is 77.6 Å². The number of benzene rings is 1. The molecule has 0 amide bonds. The van der Waals surface area contributed by atoms with Gasteiger partial charge in [0.1, 0.15) is 5.83 Å². The van der Waals surface area contributed by atoms with Crippen LogP contribution in [0.3, 0.4) is 0 Å². The standard InChI is InChI=1S/C21H30F2/c1-3-5-7-20(22)21(23)19-14-12-18(13-15-19)17-10-8-16(6-4-2)9-11-17/h12-17H,3-11H2,1-2H3. The van der Waals surface area contributed by atoms with Crippen molar-refractivity contribution in [2.75, 3.05) is 0 Å². The van der Waals surface area contributed by atoms with E-state index in [-0.39, 0.29) is 6.42 Å². The van der Waals surface area contributed by atoms with Crippen molar-refractivity contribution >= 4 is 5.83 Å². The van der Waals surface area contributed by atoms with Gasteiger partial charge in [-0.15, -0.1) is 0 Å². The first kappa shape index (κ1) is 18.2. The molecule has 2 rings (SSSR count). The van der Waals surface area contributed by atoms with Gasteiger partial charge in [-0.3, -0.25) is 0 Å². The average Bonchev–Trinajstić information content (AvgIpc) is 2.60. The van der Waals surface area contributed by atoms with Crippen LogP contribution in [0, 0.1) is 5.92 Å². The van der Waals surface area contributed by atoms with E-state index in [1.54, 1.807) is 12.1 Å². The lowest BCUT2D eigenvalue weighted by molar-refractivity contribution is 0.308. The summed E-state index contributed by atoms with van der Waals surface area (Å²) < 4.78 is 27.8. The molecule has 1 fully saturated rings. The van der Waals surface area contributed by atoms with Crippen LogP contribution in [0.25, 0.3) is 5.83 Å². The lowest BCUT2D eigenvalue weighted by atomic mass is 9.77. The lowest BCUT2D eigenvalue weighted by Gasteiger charge is -2.28. The molecule has 1 aromatic rings. The van der Waals surface area contributed by atoms with E-state index in [1.165, 1.54) is 44.1 Å². The molecular formula is C21H30F2. The molecule has 23 heavy (non-hydrogen) atoms. The molecule has 1 aliphatic carbocycles. The second-order valence-corrected chi connectivity index (χ2v) is 6.95. The number of allylic oxidation sites excluding steroid dienone is 1. The van der Waals surface area contributed by atoms with E-state index in [2.05, 4.69) is 6.92 Å². The van der Waals surface area contributed by atoms with Gasteiger partial charge in [0.05, 0.1) is 0 Å². The Morgan fingerprint density at radius 1 is 0.957 bits per heavy atom. The number of unbranched alkanes of at least 4 members (excludes halogenated alkanes) is 1. The molecule has 1 aliphatic rings. The van der Waals surface area contributed by atoms with Gasteiger partial charge in [0.2, 0.25) is 0 Å². The quantitative estimate of drug-likeness (QED) is 0.486. The Morgan fingerprint density at radius 2 is 1.61 bits per heavy atom. The van der Waals surface area contributed by atoms with Crippen molar-refractivity contribution in [3.05, 3.63) is 41.2 Å². The Kier molecular flexibility index (Phi) is 7.26. The zero-order valence-corrected chi connectivity index (χ0v) is 14.6. The fraction of sp³-hybridized carbons (Fsp3) is 0.619. The van der Waals surface area contributed by atoms with Crippen LogP contribution in [0.15, 0.2) is 30.1 Å². The first-order valence-corrected chi connectivity index (χ1v) is 9.30. The summed E-state index contributed by atoms with van der Waals surface area (Å²) in [7, 11) is 0. The van der Waals surface area contributed by atoms with Gasteiger partial charge in [-0.2, -0.15) is 0 Å². The number of halogens is 2. The van der Waals surface area contributed by atoms with Crippen molar-refractivity contribution < 1.29 is 8.78 Å². The molecule has 0 heterocycles. The number of rotatable bonds is 7. The fourth-order valence-corrected chi connectivity index (χ4v) is 3.69. The van der Waals surface area contributed by atoms with Gasteiger partial charge in [0.25, 0.3) is 0 Å². The van der Waals surface area contributed by atoms with E-state index in [9.17, 15) is 8.78 Å². The molecule has 0 aliphatic heterocycles. The maximum Gasteiger partial charge on any atom is 0.161 e. The SMILES string of the molecule is CCCCC(F)=C(F)c1ccc(C2CCC(CCC)CC2)cc1. The average molecular weight is 320 g/mol. The Morgan fingerprint density at radius 3 is 2.17 bits per heavy atom. The summed E-state index contributed by atoms with van der Waals surface area (Å²) in [5.41, 5.74) is 1.66. The van der Waals surface area contributed by atoms with E-state index in [0.29, 0.717) is 17.9 Å². The van der Waals surface area contributed by atoms with Crippen LogP contribution in [0.1, 0.15) is 88.7 Å². The van der Waals surface area contributed by atoms with Crippen molar-refractivity contribution in [3.8, 4) is 0 Å². The molecule has 0 atom stereocenters. The van der Waals surface area contributed by atoms with Crippen molar-refractivity contribution in [1.82, 2.24) is 0 Å². The zero-order chi connectivity index (χ0) is 16.7. The summed E-state index contributed by atoms with van der Waals surface area (Å²) in [6, 6.07) is 7.47. The smallest absolute Gasteiger partial charge is 0.161 e. The van der Waals surface area contributed by atoms with E-state index < -0.39 is 11.7 Å². The highest BCUT2D eigenvalue weighted by Crippen LogP contribution is 2.38. The predicted molar refractivity (Wildman–Crippen MR) is 94.7 cm³/mol. The van der Waals surface area contributed by atoms with Crippen molar-refractivity contribution in [3.63, 3.8) is 0 Å². The number of hydrogen-bond donors (Lipinski definition) is 0. The van der Waals surface area contributed by atoms with Gasteiger partial charge in [-0.25, -0.2) is 8.78 Å². The Hall–Kier alpha value is -1.18. The van der Waals surface area contributed by atoms with Crippen molar-refractivity contribution in [2.24, 2.45) is 5.92 Å². The van der Waals surface area contributed by atoms with Crippen LogP contribution < -0.4 is 0 Å². The highest BCUT2D eigenvalue weighted by atomic mass is 19.2. The van der Waals surface area contributed by atoms with Crippen LogP contribution in [-0.4, -0.2) is 0 Å². The molecule has 0 spiro atoms.